The average Bonchev–Trinajstić information content (AvgIpc) is 2.91. The topological polar surface area (TPSA) is 21.1 Å². The first-order valence-corrected chi connectivity index (χ1v) is 9.08. The van der Waals surface area contributed by atoms with Gasteiger partial charge in [-0.2, -0.15) is 0 Å². The van der Waals surface area contributed by atoms with E-state index in [4.69, 9.17) is 4.98 Å². The number of aromatic nitrogens is 2. The van der Waals surface area contributed by atoms with E-state index < -0.39 is 0 Å². The fourth-order valence-electron chi connectivity index (χ4n) is 4.48. The summed E-state index contributed by atoms with van der Waals surface area (Å²) in [4.78, 5) is 7.37. The summed E-state index contributed by atoms with van der Waals surface area (Å²) in [7, 11) is 2.24. The highest BCUT2D eigenvalue weighted by Gasteiger charge is 2.34. The van der Waals surface area contributed by atoms with E-state index in [2.05, 4.69) is 53.9 Å². The van der Waals surface area contributed by atoms with Crippen LogP contribution in [0.15, 0.2) is 30.5 Å². The standard InChI is InChI=1S/C20H27N3/c1-3-17-14-21-20-19(16-8-11-22(2)12-9-16)18-7-5-4-6-15(18)10-13-23(17)20/h4-7,14,16,19H,3,8-13H2,1-2H3. The first-order chi connectivity index (χ1) is 11.3. The highest BCUT2D eigenvalue weighted by atomic mass is 15.1. The third kappa shape index (κ3) is 2.61. The van der Waals surface area contributed by atoms with E-state index in [9.17, 15) is 0 Å². The zero-order valence-corrected chi connectivity index (χ0v) is 14.3. The molecule has 1 aromatic heterocycles. The van der Waals surface area contributed by atoms with Crippen molar-refractivity contribution >= 4 is 0 Å². The summed E-state index contributed by atoms with van der Waals surface area (Å²) in [6.45, 7) is 5.75. The van der Waals surface area contributed by atoms with Crippen molar-refractivity contribution < 1.29 is 0 Å². The summed E-state index contributed by atoms with van der Waals surface area (Å²) < 4.78 is 2.52. The van der Waals surface area contributed by atoms with E-state index in [-0.39, 0.29) is 0 Å². The van der Waals surface area contributed by atoms with Crippen molar-refractivity contribution in [2.75, 3.05) is 20.1 Å². The molecule has 0 N–H and O–H groups in total. The van der Waals surface area contributed by atoms with Gasteiger partial charge >= 0.3 is 0 Å². The lowest BCUT2D eigenvalue weighted by molar-refractivity contribution is 0.204. The molecule has 1 saturated heterocycles. The molecular formula is C20H27N3. The Labute approximate surface area is 139 Å². The molecule has 2 aromatic rings. The summed E-state index contributed by atoms with van der Waals surface area (Å²) >= 11 is 0. The minimum atomic E-state index is 0.475. The van der Waals surface area contributed by atoms with Crippen molar-refractivity contribution in [3.8, 4) is 0 Å². The molecule has 3 heterocycles. The van der Waals surface area contributed by atoms with E-state index in [1.807, 2.05) is 0 Å². The minimum absolute atomic E-state index is 0.475. The second-order valence-corrected chi connectivity index (χ2v) is 7.18. The molecule has 23 heavy (non-hydrogen) atoms. The fraction of sp³-hybridized carbons (Fsp3) is 0.550. The Morgan fingerprint density at radius 1 is 1.13 bits per heavy atom. The highest BCUT2D eigenvalue weighted by Crippen LogP contribution is 2.40. The lowest BCUT2D eigenvalue weighted by Crippen LogP contribution is -2.33. The molecule has 3 heteroatoms. The predicted molar refractivity (Wildman–Crippen MR) is 93.8 cm³/mol. The highest BCUT2D eigenvalue weighted by molar-refractivity contribution is 5.37. The summed E-state index contributed by atoms with van der Waals surface area (Å²) in [5.41, 5.74) is 4.46. The number of nitrogens with zero attached hydrogens (tertiary/aromatic N) is 3. The Bertz CT molecular complexity index is 680. The molecule has 1 aromatic carbocycles. The van der Waals surface area contributed by atoms with Crippen LogP contribution in [0.4, 0.5) is 0 Å². The molecule has 0 amide bonds. The van der Waals surface area contributed by atoms with Crippen molar-refractivity contribution in [2.45, 2.75) is 45.1 Å². The maximum absolute atomic E-state index is 4.91. The lowest BCUT2D eigenvalue weighted by atomic mass is 9.78. The van der Waals surface area contributed by atoms with Crippen LogP contribution in [0.2, 0.25) is 0 Å². The van der Waals surface area contributed by atoms with Gasteiger partial charge in [0.1, 0.15) is 5.82 Å². The maximum atomic E-state index is 4.91. The normalized spacial score (nSPS) is 22.4. The van der Waals surface area contributed by atoms with Crippen molar-refractivity contribution in [3.05, 3.63) is 53.1 Å². The molecule has 0 spiro atoms. The summed E-state index contributed by atoms with van der Waals surface area (Å²) in [6.07, 6.45) is 6.89. The first kappa shape index (κ1) is 14.9. The zero-order valence-electron chi connectivity index (χ0n) is 14.3. The van der Waals surface area contributed by atoms with Crippen LogP contribution in [0.1, 0.15) is 48.3 Å². The monoisotopic (exact) mass is 309 g/mol. The van der Waals surface area contributed by atoms with Crippen LogP contribution in [0.25, 0.3) is 0 Å². The first-order valence-electron chi connectivity index (χ1n) is 9.08. The van der Waals surface area contributed by atoms with Crippen LogP contribution in [0, 0.1) is 5.92 Å². The molecule has 1 fully saturated rings. The van der Waals surface area contributed by atoms with Gasteiger partial charge in [-0.05, 0) is 62.9 Å². The molecular weight excluding hydrogens is 282 g/mol. The largest absolute Gasteiger partial charge is 0.331 e. The Morgan fingerprint density at radius 3 is 2.70 bits per heavy atom. The molecule has 0 aliphatic carbocycles. The number of piperidine rings is 1. The van der Waals surface area contributed by atoms with Gasteiger partial charge in [0.05, 0.1) is 0 Å². The second-order valence-electron chi connectivity index (χ2n) is 7.18. The third-order valence-electron chi connectivity index (χ3n) is 5.84. The molecule has 1 atom stereocenters. The van der Waals surface area contributed by atoms with Gasteiger partial charge in [-0.1, -0.05) is 31.2 Å². The molecule has 0 saturated carbocycles. The molecule has 4 rings (SSSR count). The number of benzene rings is 1. The van der Waals surface area contributed by atoms with E-state index in [0.29, 0.717) is 5.92 Å². The van der Waals surface area contributed by atoms with Gasteiger partial charge in [0, 0.05) is 24.4 Å². The molecule has 0 bridgehead atoms. The molecule has 1 unspecified atom stereocenters. The van der Waals surface area contributed by atoms with Crippen LogP contribution < -0.4 is 0 Å². The van der Waals surface area contributed by atoms with Crippen LogP contribution in [-0.4, -0.2) is 34.6 Å². The Balaban J connectivity index is 1.80. The maximum Gasteiger partial charge on any atom is 0.116 e. The number of likely N-dealkylation sites (tertiary alicyclic amines) is 1. The SMILES string of the molecule is CCc1cnc2n1CCc1ccccc1C2C1CCN(C)CC1. The quantitative estimate of drug-likeness (QED) is 0.847. The van der Waals surface area contributed by atoms with Gasteiger partial charge in [0.15, 0.2) is 0 Å². The Hall–Kier alpha value is -1.61. The van der Waals surface area contributed by atoms with E-state index >= 15 is 0 Å². The van der Waals surface area contributed by atoms with Crippen LogP contribution >= 0.6 is 0 Å². The van der Waals surface area contributed by atoms with Crippen LogP contribution in [-0.2, 0) is 19.4 Å². The van der Waals surface area contributed by atoms with E-state index in [1.165, 1.54) is 48.6 Å². The Kier molecular flexibility index (Phi) is 3.98. The zero-order chi connectivity index (χ0) is 15.8. The Morgan fingerprint density at radius 2 is 1.91 bits per heavy atom. The van der Waals surface area contributed by atoms with E-state index in [1.54, 1.807) is 0 Å². The summed E-state index contributed by atoms with van der Waals surface area (Å²) in [5, 5.41) is 0. The van der Waals surface area contributed by atoms with Crippen LogP contribution in [0.3, 0.4) is 0 Å². The smallest absolute Gasteiger partial charge is 0.116 e. The lowest BCUT2D eigenvalue weighted by Gasteiger charge is -2.34. The van der Waals surface area contributed by atoms with Gasteiger partial charge in [-0.3, -0.25) is 0 Å². The van der Waals surface area contributed by atoms with Gasteiger partial charge in [0.2, 0.25) is 0 Å². The summed E-state index contributed by atoms with van der Waals surface area (Å²) in [5.74, 6) is 2.51. The molecule has 2 aliphatic heterocycles. The van der Waals surface area contributed by atoms with E-state index in [0.717, 1.165) is 25.3 Å². The number of hydrogen-bond acceptors (Lipinski definition) is 2. The van der Waals surface area contributed by atoms with Gasteiger partial charge in [-0.25, -0.2) is 4.98 Å². The fourth-order valence-corrected chi connectivity index (χ4v) is 4.48. The van der Waals surface area contributed by atoms with Crippen LogP contribution in [0.5, 0.6) is 0 Å². The predicted octanol–water partition coefficient (Wildman–Crippen LogP) is 3.48. The average molecular weight is 309 g/mol. The molecule has 2 aliphatic rings. The number of rotatable bonds is 2. The van der Waals surface area contributed by atoms with Gasteiger partial charge in [-0.15, -0.1) is 0 Å². The van der Waals surface area contributed by atoms with Crippen molar-refractivity contribution in [3.63, 3.8) is 0 Å². The number of hydrogen-bond donors (Lipinski definition) is 0. The van der Waals surface area contributed by atoms with Crippen molar-refractivity contribution in [1.29, 1.82) is 0 Å². The molecule has 122 valence electrons. The number of imidazole rings is 1. The number of fused-ring (bicyclic) bond motifs is 2. The molecule has 3 nitrogen and oxygen atoms in total. The molecule has 0 radical (unpaired) electrons. The van der Waals surface area contributed by atoms with Crippen molar-refractivity contribution in [2.24, 2.45) is 5.92 Å². The third-order valence-corrected chi connectivity index (χ3v) is 5.84. The second kappa shape index (κ2) is 6.12. The van der Waals surface area contributed by atoms with Crippen molar-refractivity contribution in [1.82, 2.24) is 14.5 Å². The summed E-state index contributed by atoms with van der Waals surface area (Å²) in [6, 6.07) is 9.09. The number of aryl methyl sites for hydroxylation is 2. The van der Waals surface area contributed by atoms with Gasteiger partial charge < -0.3 is 9.47 Å². The minimum Gasteiger partial charge on any atom is -0.331 e. The van der Waals surface area contributed by atoms with Gasteiger partial charge in [0.25, 0.3) is 0 Å².